The van der Waals surface area contributed by atoms with Gasteiger partial charge in [0.05, 0.1) is 22.5 Å². The fourth-order valence-electron chi connectivity index (χ4n) is 3.84. The Hall–Kier alpha value is -3.21. The van der Waals surface area contributed by atoms with Gasteiger partial charge < -0.3 is 15.3 Å². The number of fused-ring (bicyclic) bond motifs is 1. The molecule has 0 radical (unpaired) electrons. The number of hydrogen-bond donors (Lipinski definition) is 2. The first-order valence-electron chi connectivity index (χ1n) is 10.0. The van der Waals surface area contributed by atoms with Crippen molar-refractivity contribution in [3.05, 3.63) is 47.5 Å². The molecular weight excluding hydrogens is 430 g/mol. The molecule has 32 heavy (non-hydrogen) atoms. The zero-order chi connectivity index (χ0) is 23.2. The normalized spacial score (nSPS) is 17.3. The highest BCUT2D eigenvalue weighted by molar-refractivity contribution is 5.98. The van der Waals surface area contributed by atoms with Crippen LogP contribution in [0.4, 0.5) is 23.2 Å². The number of anilines is 1. The van der Waals surface area contributed by atoms with Gasteiger partial charge in [0.15, 0.2) is 11.3 Å². The second-order valence-corrected chi connectivity index (χ2v) is 7.95. The number of halogens is 4. The summed E-state index contributed by atoms with van der Waals surface area (Å²) >= 11 is 0. The first-order valence-corrected chi connectivity index (χ1v) is 10.0. The molecule has 1 saturated heterocycles. The van der Waals surface area contributed by atoms with Crippen molar-refractivity contribution in [3.8, 4) is 5.69 Å². The van der Waals surface area contributed by atoms with Crippen LogP contribution in [0.2, 0.25) is 0 Å². The summed E-state index contributed by atoms with van der Waals surface area (Å²) in [6.45, 7) is 3.72. The topological polar surface area (TPSA) is 83.3 Å². The third-order valence-electron chi connectivity index (χ3n) is 5.39. The fraction of sp³-hybridized carbons (Fsp3) is 0.381. The molecule has 0 bridgehead atoms. The van der Waals surface area contributed by atoms with Crippen LogP contribution in [0.5, 0.6) is 0 Å². The summed E-state index contributed by atoms with van der Waals surface area (Å²) in [5, 5.41) is 17.1. The zero-order valence-electron chi connectivity index (χ0n) is 17.3. The molecule has 0 aliphatic carbocycles. The van der Waals surface area contributed by atoms with E-state index in [2.05, 4.69) is 15.4 Å². The van der Waals surface area contributed by atoms with Crippen molar-refractivity contribution in [2.75, 3.05) is 24.5 Å². The summed E-state index contributed by atoms with van der Waals surface area (Å²) in [5.74, 6) is -1.89. The first-order chi connectivity index (χ1) is 15.1. The van der Waals surface area contributed by atoms with Crippen LogP contribution in [0, 0.1) is 5.82 Å². The summed E-state index contributed by atoms with van der Waals surface area (Å²) in [6.07, 6.45) is -4.44. The summed E-state index contributed by atoms with van der Waals surface area (Å²) in [4.78, 5) is 17.5. The molecule has 1 fully saturated rings. The van der Waals surface area contributed by atoms with Crippen molar-refractivity contribution in [1.29, 1.82) is 0 Å². The van der Waals surface area contributed by atoms with Crippen molar-refractivity contribution in [2.24, 2.45) is 0 Å². The van der Waals surface area contributed by atoms with Gasteiger partial charge in [0.2, 0.25) is 0 Å². The van der Waals surface area contributed by atoms with Gasteiger partial charge in [0, 0.05) is 19.6 Å². The summed E-state index contributed by atoms with van der Waals surface area (Å²) in [5.41, 5.74) is 1.23. The Labute approximate surface area is 180 Å². The molecule has 2 aromatic heterocycles. The van der Waals surface area contributed by atoms with Gasteiger partial charge in [-0.15, -0.1) is 0 Å². The van der Waals surface area contributed by atoms with Gasteiger partial charge in [-0.1, -0.05) is 13.8 Å². The van der Waals surface area contributed by atoms with Gasteiger partial charge in [-0.2, -0.15) is 18.3 Å². The molecule has 2 N–H and O–H groups in total. The van der Waals surface area contributed by atoms with Crippen molar-refractivity contribution >= 4 is 22.7 Å². The van der Waals surface area contributed by atoms with Gasteiger partial charge in [-0.25, -0.2) is 18.9 Å². The van der Waals surface area contributed by atoms with Crippen molar-refractivity contribution in [1.82, 2.24) is 20.1 Å². The van der Waals surface area contributed by atoms with Gasteiger partial charge in [-0.3, -0.25) is 0 Å². The fourth-order valence-corrected chi connectivity index (χ4v) is 3.84. The molecule has 1 aromatic carbocycles. The maximum absolute atomic E-state index is 13.4. The molecule has 0 amide bonds. The number of piperazine rings is 1. The standard InChI is InChI=1S/C21H21F4N5O2/c1-11(2)18-17-15(29-8-7-26-16(10-29)21(23,24)25)9-14(20(31)32)27-19(17)30(28-18)13-5-3-12(22)4-6-13/h3-6,9,11,16,26H,7-8,10H2,1-2H3,(H,31,32). The van der Waals surface area contributed by atoms with Gasteiger partial charge in [0.25, 0.3) is 0 Å². The maximum Gasteiger partial charge on any atom is 0.405 e. The molecule has 4 rings (SSSR count). The summed E-state index contributed by atoms with van der Waals surface area (Å²) in [7, 11) is 0. The number of pyridine rings is 1. The lowest BCUT2D eigenvalue weighted by Gasteiger charge is -2.36. The molecule has 3 aromatic rings. The van der Waals surface area contributed by atoms with Crippen LogP contribution >= 0.6 is 0 Å². The van der Waals surface area contributed by atoms with Crippen LogP contribution in [-0.4, -0.2) is 57.7 Å². The first kappa shape index (κ1) is 22.0. The molecule has 0 spiro atoms. The predicted molar refractivity (Wildman–Crippen MR) is 110 cm³/mol. The number of hydrogen-bond acceptors (Lipinski definition) is 5. The molecule has 0 saturated carbocycles. The van der Waals surface area contributed by atoms with Crippen molar-refractivity contribution < 1.29 is 27.5 Å². The molecule has 3 heterocycles. The number of alkyl halides is 3. The zero-order valence-corrected chi connectivity index (χ0v) is 17.3. The Bertz CT molecular complexity index is 1160. The lowest BCUT2D eigenvalue weighted by molar-refractivity contribution is -0.155. The highest BCUT2D eigenvalue weighted by atomic mass is 19.4. The Morgan fingerprint density at radius 2 is 1.94 bits per heavy atom. The van der Waals surface area contributed by atoms with E-state index < -0.39 is 24.0 Å². The largest absolute Gasteiger partial charge is 0.477 e. The molecule has 1 unspecified atom stereocenters. The third kappa shape index (κ3) is 3.99. The van der Waals surface area contributed by atoms with Gasteiger partial charge in [-0.05, 0) is 36.2 Å². The van der Waals surface area contributed by atoms with E-state index in [-0.39, 0.29) is 36.9 Å². The molecular formula is C21H21F4N5O2. The Morgan fingerprint density at radius 3 is 2.53 bits per heavy atom. The average Bonchev–Trinajstić information content (AvgIpc) is 3.13. The van der Waals surface area contributed by atoms with Crippen LogP contribution in [0.15, 0.2) is 30.3 Å². The second-order valence-electron chi connectivity index (χ2n) is 7.95. The minimum atomic E-state index is -4.44. The van der Waals surface area contributed by atoms with E-state index >= 15 is 0 Å². The van der Waals surface area contributed by atoms with E-state index in [1.54, 1.807) is 0 Å². The number of nitrogens with one attached hydrogen (secondary N) is 1. The molecule has 11 heteroatoms. The van der Waals surface area contributed by atoms with E-state index in [0.717, 1.165) is 0 Å². The molecule has 1 aliphatic heterocycles. The number of aromatic carboxylic acids is 1. The van der Waals surface area contributed by atoms with Crippen LogP contribution < -0.4 is 10.2 Å². The van der Waals surface area contributed by atoms with E-state index in [0.29, 0.717) is 22.5 Å². The van der Waals surface area contributed by atoms with E-state index in [9.17, 15) is 27.5 Å². The Balaban J connectivity index is 1.96. The third-order valence-corrected chi connectivity index (χ3v) is 5.39. The van der Waals surface area contributed by atoms with Gasteiger partial charge in [0.1, 0.15) is 11.9 Å². The van der Waals surface area contributed by atoms with E-state index in [1.165, 1.54) is 39.9 Å². The van der Waals surface area contributed by atoms with Crippen LogP contribution in [0.25, 0.3) is 16.7 Å². The number of rotatable bonds is 4. The lowest BCUT2D eigenvalue weighted by Crippen LogP contribution is -2.57. The molecule has 170 valence electrons. The SMILES string of the molecule is CC(C)c1nn(-c2ccc(F)cc2)c2nc(C(=O)O)cc(N3CCNC(C(F)(F)F)C3)c12. The second kappa shape index (κ2) is 8.05. The summed E-state index contributed by atoms with van der Waals surface area (Å²) in [6, 6.07) is 4.98. The predicted octanol–water partition coefficient (Wildman–Crippen LogP) is 3.72. The Kier molecular flexibility index (Phi) is 5.53. The number of benzene rings is 1. The minimum Gasteiger partial charge on any atom is -0.477 e. The quantitative estimate of drug-likeness (QED) is 0.589. The maximum atomic E-state index is 13.4. The number of nitrogens with zero attached hydrogens (tertiary/aromatic N) is 4. The lowest BCUT2D eigenvalue weighted by atomic mass is 10.0. The van der Waals surface area contributed by atoms with E-state index in [1.807, 2.05) is 13.8 Å². The van der Waals surface area contributed by atoms with Crippen LogP contribution in [0.1, 0.15) is 35.9 Å². The van der Waals surface area contributed by atoms with Gasteiger partial charge >= 0.3 is 12.1 Å². The van der Waals surface area contributed by atoms with E-state index in [4.69, 9.17) is 0 Å². The molecule has 7 nitrogen and oxygen atoms in total. The highest BCUT2D eigenvalue weighted by Crippen LogP contribution is 2.36. The number of carboxylic acid groups (broad SMARTS) is 1. The average molecular weight is 451 g/mol. The number of carbonyl (C=O) groups is 1. The number of carboxylic acids is 1. The Morgan fingerprint density at radius 1 is 1.25 bits per heavy atom. The molecule has 1 aliphatic rings. The highest BCUT2D eigenvalue weighted by Gasteiger charge is 2.42. The van der Waals surface area contributed by atoms with Crippen LogP contribution in [-0.2, 0) is 0 Å². The van der Waals surface area contributed by atoms with Crippen LogP contribution in [0.3, 0.4) is 0 Å². The smallest absolute Gasteiger partial charge is 0.405 e. The number of aromatic nitrogens is 3. The molecule has 1 atom stereocenters. The summed E-state index contributed by atoms with van der Waals surface area (Å²) < 4.78 is 55.0. The van der Waals surface area contributed by atoms with Crippen molar-refractivity contribution in [2.45, 2.75) is 32.0 Å². The monoisotopic (exact) mass is 451 g/mol. The van der Waals surface area contributed by atoms with Crippen molar-refractivity contribution in [3.63, 3.8) is 0 Å². The minimum absolute atomic E-state index is 0.0828.